The number of carbonyl (C=O) groups excluding carboxylic acids is 2. The standard InChI is InChI=1S/C19H21ClN4O2/c20-18-16(21-8-9-22-18)11-23-19(26)15-7-4-10-24(12-15)13-17(25)14-5-2-1-3-6-14/h1-3,5-6,8-9,15H,4,7,10-13H2,(H,23,26)/t15-/m1/s1. The van der Waals surface area contributed by atoms with E-state index in [9.17, 15) is 9.59 Å². The molecule has 1 aliphatic rings. The van der Waals surface area contributed by atoms with Gasteiger partial charge in [-0.05, 0) is 19.4 Å². The van der Waals surface area contributed by atoms with E-state index in [1.807, 2.05) is 30.3 Å². The molecule has 1 N–H and O–H groups in total. The number of piperidine rings is 1. The second kappa shape index (κ2) is 8.87. The summed E-state index contributed by atoms with van der Waals surface area (Å²) in [5, 5.41) is 3.18. The van der Waals surface area contributed by atoms with Crippen molar-refractivity contribution in [1.82, 2.24) is 20.2 Å². The summed E-state index contributed by atoms with van der Waals surface area (Å²) in [6, 6.07) is 9.25. The van der Waals surface area contributed by atoms with Crippen LogP contribution in [0, 0.1) is 5.92 Å². The molecule has 136 valence electrons. The molecular formula is C19H21ClN4O2. The molecule has 26 heavy (non-hydrogen) atoms. The number of hydrogen-bond donors (Lipinski definition) is 1. The number of ketones is 1. The van der Waals surface area contributed by atoms with Crippen LogP contribution in [-0.4, -0.2) is 46.2 Å². The van der Waals surface area contributed by atoms with Crippen molar-refractivity contribution in [3.05, 3.63) is 59.1 Å². The zero-order valence-corrected chi connectivity index (χ0v) is 15.2. The van der Waals surface area contributed by atoms with E-state index in [0.717, 1.165) is 19.4 Å². The van der Waals surface area contributed by atoms with Crippen LogP contribution in [-0.2, 0) is 11.3 Å². The number of Topliss-reactive ketones (excluding diaryl/α,β-unsaturated/α-hetero) is 1. The molecule has 3 rings (SSSR count). The van der Waals surface area contributed by atoms with Crippen LogP contribution in [0.5, 0.6) is 0 Å². The van der Waals surface area contributed by atoms with Gasteiger partial charge in [-0.3, -0.25) is 19.5 Å². The number of rotatable bonds is 6. The molecule has 7 heteroatoms. The van der Waals surface area contributed by atoms with E-state index >= 15 is 0 Å². The molecule has 0 aliphatic carbocycles. The highest BCUT2D eigenvalue weighted by atomic mass is 35.5. The number of nitrogens with one attached hydrogen (secondary N) is 1. The van der Waals surface area contributed by atoms with Gasteiger partial charge in [0, 0.05) is 24.5 Å². The summed E-state index contributed by atoms with van der Waals surface area (Å²) in [6.07, 6.45) is 4.77. The highest BCUT2D eigenvalue weighted by molar-refractivity contribution is 6.29. The largest absolute Gasteiger partial charge is 0.350 e. The van der Waals surface area contributed by atoms with Gasteiger partial charge in [0.25, 0.3) is 0 Å². The van der Waals surface area contributed by atoms with Gasteiger partial charge < -0.3 is 5.32 Å². The van der Waals surface area contributed by atoms with Gasteiger partial charge in [0.15, 0.2) is 10.9 Å². The second-order valence-corrected chi connectivity index (χ2v) is 6.73. The Hall–Kier alpha value is -2.31. The monoisotopic (exact) mass is 372 g/mol. The third-order valence-electron chi connectivity index (χ3n) is 4.49. The van der Waals surface area contributed by atoms with Crippen molar-refractivity contribution in [1.29, 1.82) is 0 Å². The van der Waals surface area contributed by atoms with E-state index in [2.05, 4.69) is 20.2 Å². The number of aromatic nitrogens is 2. The van der Waals surface area contributed by atoms with Crippen molar-refractivity contribution in [2.75, 3.05) is 19.6 Å². The molecule has 1 aromatic carbocycles. The Bertz CT molecular complexity index is 769. The fraction of sp³-hybridized carbons (Fsp3) is 0.368. The molecule has 0 radical (unpaired) electrons. The molecule has 6 nitrogen and oxygen atoms in total. The first kappa shape index (κ1) is 18.5. The van der Waals surface area contributed by atoms with Gasteiger partial charge in [0.1, 0.15) is 0 Å². The topological polar surface area (TPSA) is 75.2 Å². The quantitative estimate of drug-likeness (QED) is 0.788. The lowest BCUT2D eigenvalue weighted by Gasteiger charge is -2.31. The molecular weight excluding hydrogens is 352 g/mol. The second-order valence-electron chi connectivity index (χ2n) is 6.38. The summed E-state index contributed by atoms with van der Waals surface area (Å²) in [5.74, 6) is -0.0932. The minimum atomic E-state index is -0.136. The molecule has 1 atom stereocenters. The minimum Gasteiger partial charge on any atom is -0.350 e. The van der Waals surface area contributed by atoms with Gasteiger partial charge in [-0.25, -0.2) is 4.98 Å². The molecule has 0 saturated carbocycles. The zero-order valence-electron chi connectivity index (χ0n) is 14.4. The zero-order chi connectivity index (χ0) is 18.4. The van der Waals surface area contributed by atoms with Crippen LogP contribution in [0.25, 0.3) is 0 Å². The fourth-order valence-corrected chi connectivity index (χ4v) is 3.29. The van der Waals surface area contributed by atoms with Crippen LogP contribution >= 0.6 is 11.6 Å². The number of hydrogen-bond acceptors (Lipinski definition) is 5. The van der Waals surface area contributed by atoms with Crippen LogP contribution in [0.15, 0.2) is 42.7 Å². The first-order chi connectivity index (χ1) is 12.6. The molecule has 1 aliphatic heterocycles. The lowest BCUT2D eigenvalue weighted by atomic mass is 9.96. The first-order valence-electron chi connectivity index (χ1n) is 8.67. The molecule has 0 bridgehead atoms. The van der Waals surface area contributed by atoms with E-state index in [4.69, 9.17) is 11.6 Å². The third kappa shape index (κ3) is 4.86. The molecule has 0 spiro atoms. The summed E-state index contributed by atoms with van der Waals surface area (Å²) in [4.78, 5) is 35.0. The molecule has 2 heterocycles. The number of nitrogens with zero attached hydrogens (tertiary/aromatic N) is 3. The van der Waals surface area contributed by atoms with E-state index < -0.39 is 0 Å². The van der Waals surface area contributed by atoms with Gasteiger partial charge in [-0.1, -0.05) is 41.9 Å². The summed E-state index contributed by atoms with van der Waals surface area (Å²) in [6.45, 7) is 2.01. The predicted molar refractivity (Wildman–Crippen MR) is 98.8 cm³/mol. The number of halogens is 1. The Balaban J connectivity index is 1.52. The van der Waals surface area contributed by atoms with Crippen molar-refractivity contribution in [3.8, 4) is 0 Å². The Morgan fingerprint density at radius 2 is 1.96 bits per heavy atom. The van der Waals surface area contributed by atoms with Crippen LogP contribution in [0.2, 0.25) is 5.15 Å². The van der Waals surface area contributed by atoms with Gasteiger partial charge in [0.05, 0.1) is 24.7 Å². The highest BCUT2D eigenvalue weighted by Crippen LogP contribution is 2.18. The van der Waals surface area contributed by atoms with E-state index in [-0.39, 0.29) is 24.2 Å². The summed E-state index contributed by atoms with van der Waals surface area (Å²) in [7, 11) is 0. The highest BCUT2D eigenvalue weighted by Gasteiger charge is 2.27. The van der Waals surface area contributed by atoms with Crippen molar-refractivity contribution in [2.45, 2.75) is 19.4 Å². The molecule has 1 aromatic heterocycles. The van der Waals surface area contributed by atoms with Crippen LogP contribution in [0.3, 0.4) is 0 Å². The maximum Gasteiger partial charge on any atom is 0.224 e. The molecule has 0 unspecified atom stereocenters. The van der Waals surface area contributed by atoms with Gasteiger partial charge in [0.2, 0.25) is 5.91 Å². The molecule has 1 fully saturated rings. The van der Waals surface area contributed by atoms with Crippen molar-refractivity contribution < 1.29 is 9.59 Å². The lowest BCUT2D eigenvalue weighted by Crippen LogP contribution is -2.44. The minimum absolute atomic E-state index is 0.0384. The number of amides is 1. The Morgan fingerprint density at radius 1 is 1.19 bits per heavy atom. The van der Waals surface area contributed by atoms with Gasteiger partial charge in [-0.2, -0.15) is 0 Å². The van der Waals surface area contributed by atoms with Crippen molar-refractivity contribution in [3.63, 3.8) is 0 Å². The molecule has 1 saturated heterocycles. The predicted octanol–water partition coefficient (Wildman–Crippen LogP) is 2.34. The Labute approximate surface area is 157 Å². The first-order valence-corrected chi connectivity index (χ1v) is 9.05. The summed E-state index contributed by atoms with van der Waals surface area (Å²) >= 11 is 5.96. The summed E-state index contributed by atoms with van der Waals surface area (Å²) < 4.78 is 0. The average molecular weight is 373 g/mol. The van der Waals surface area contributed by atoms with Crippen LogP contribution in [0.4, 0.5) is 0 Å². The Morgan fingerprint density at radius 3 is 2.73 bits per heavy atom. The number of carbonyl (C=O) groups is 2. The molecule has 2 aromatic rings. The van der Waals surface area contributed by atoms with Crippen molar-refractivity contribution >= 4 is 23.3 Å². The van der Waals surface area contributed by atoms with Crippen LogP contribution in [0.1, 0.15) is 28.9 Å². The maximum absolute atomic E-state index is 12.5. The Kier molecular flexibility index (Phi) is 6.30. The smallest absolute Gasteiger partial charge is 0.224 e. The third-order valence-corrected chi connectivity index (χ3v) is 4.81. The summed E-state index contributed by atoms with van der Waals surface area (Å²) in [5.41, 5.74) is 1.26. The number of benzene rings is 1. The number of likely N-dealkylation sites (tertiary alicyclic amines) is 1. The van der Waals surface area contributed by atoms with Crippen molar-refractivity contribution in [2.24, 2.45) is 5.92 Å². The van der Waals surface area contributed by atoms with E-state index in [1.54, 1.807) is 6.20 Å². The maximum atomic E-state index is 12.5. The average Bonchev–Trinajstić information content (AvgIpc) is 2.68. The molecule has 1 amide bonds. The SMILES string of the molecule is O=C(CN1CCC[C@@H](C(=O)NCc2nccnc2Cl)C1)c1ccccc1. The fourth-order valence-electron chi connectivity index (χ4n) is 3.12. The normalized spacial score (nSPS) is 17.7. The van der Waals surface area contributed by atoms with Gasteiger partial charge >= 0.3 is 0 Å². The van der Waals surface area contributed by atoms with E-state index in [0.29, 0.717) is 29.5 Å². The van der Waals surface area contributed by atoms with E-state index in [1.165, 1.54) is 6.20 Å². The lowest BCUT2D eigenvalue weighted by molar-refractivity contribution is -0.126. The van der Waals surface area contributed by atoms with Crippen LogP contribution < -0.4 is 5.32 Å². The van der Waals surface area contributed by atoms with Gasteiger partial charge in [-0.15, -0.1) is 0 Å².